The summed E-state index contributed by atoms with van der Waals surface area (Å²) in [4.78, 5) is 0.361. The summed E-state index contributed by atoms with van der Waals surface area (Å²) in [6.45, 7) is 4.71. The number of rotatable bonds is 8. The molecule has 0 atom stereocenters. The van der Waals surface area contributed by atoms with Crippen LogP contribution in [0.2, 0.25) is 0 Å². The van der Waals surface area contributed by atoms with Gasteiger partial charge in [-0.05, 0) is 31.7 Å². The number of aryl methyl sites for hydroxylation is 1. The summed E-state index contributed by atoms with van der Waals surface area (Å²) in [5, 5.41) is 3.41. The van der Waals surface area contributed by atoms with Crippen molar-refractivity contribution in [3.8, 4) is 0 Å². The van der Waals surface area contributed by atoms with Crippen molar-refractivity contribution < 1.29 is 8.42 Å². The number of hydrogen-bond acceptors (Lipinski definition) is 3. The van der Waals surface area contributed by atoms with E-state index in [9.17, 15) is 8.42 Å². The van der Waals surface area contributed by atoms with Crippen LogP contribution in [-0.2, 0) is 23.6 Å². The normalized spacial score (nSPS) is 16.0. The Kier molecular flexibility index (Phi) is 4.88. The Morgan fingerprint density at radius 1 is 1.35 bits per heavy atom. The first-order valence-electron chi connectivity index (χ1n) is 7.37. The quantitative estimate of drug-likeness (QED) is 0.768. The molecule has 1 aromatic heterocycles. The molecule has 0 unspecified atom stereocenters. The average molecular weight is 299 g/mol. The van der Waals surface area contributed by atoms with E-state index < -0.39 is 10.0 Å². The first-order chi connectivity index (χ1) is 9.46. The number of hydrogen-bond donors (Lipinski definition) is 2. The molecule has 1 aliphatic rings. The fourth-order valence-electron chi connectivity index (χ4n) is 2.18. The zero-order chi connectivity index (χ0) is 14.8. The van der Waals surface area contributed by atoms with Gasteiger partial charge in [0.15, 0.2) is 0 Å². The lowest BCUT2D eigenvalue weighted by Gasteiger charge is -2.13. The summed E-state index contributed by atoms with van der Waals surface area (Å²) in [5.41, 5.74) is 1.00. The van der Waals surface area contributed by atoms with Crippen molar-refractivity contribution in [1.82, 2.24) is 14.6 Å². The van der Waals surface area contributed by atoms with Gasteiger partial charge in [-0.3, -0.25) is 0 Å². The van der Waals surface area contributed by atoms with Crippen LogP contribution in [-0.4, -0.2) is 25.1 Å². The van der Waals surface area contributed by atoms with E-state index in [1.54, 1.807) is 12.3 Å². The molecule has 0 spiro atoms. The second-order valence-corrected chi connectivity index (χ2v) is 7.28. The van der Waals surface area contributed by atoms with E-state index in [1.165, 1.54) is 12.8 Å². The van der Waals surface area contributed by atoms with Gasteiger partial charge in [0.25, 0.3) is 0 Å². The number of sulfonamides is 1. The molecule has 5 nitrogen and oxygen atoms in total. The molecule has 6 heteroatoms. The van der Waals surface area contributed by atoms with Crippen molar-refractivity contribution in [2.45, 2.75) is 63.1 Å². The third kappa shape index (κ3) is 3.84. The summed E-state index contributed by atoms with van der Waals surface area (Å²) >= 11 is 0. The summed E-state index contributed by atoms with van der Waals surface area (Å²) in [7, 11) is -1.52. The van der Waals surface area contributed by atoms with Crippen molar-refractivity contribution in [2.24, 2.45) is 7.05 Å². The van der Waals surface area contributed by atoms with Crippen molar-refractivity contribution in [1.29, 1.82) is 0 Å². The van der Waals surface area contributed by atoms with Crippen LogP contribution in [0, 0.1) is 0 Å². The number of nitrogens with one attached hydrogen (secondary N) is 2. The predicted octanol–water partition coefficient (Wildman–Crippen LogP) is 1.74. The lowest BCUT2D eigenvalue weighted by molar-refractivity contribution is 0.530. The van der Waals surface area contributed by atoms with E-state index >= 15 is 0 Å². The maximum atomic E-state index is 12.3. The fraction of sp³-hybridized carbons (Fsp3) is 0.714. The molecule has 0 aliphatic heterocycles. The minimum absolute atomic E-state index is 0.00763. The molecule has 0 amide bonds. The van der Waals surface area contributed by atoms with Gasteiger partial charge < -0.3 is 9.88 Å². The van der Waals surface area contributed by atoms with Crippen molar-refractivity contribution >= 4 is 10.0 Å². The first-order valence-corrected chi connectivity index (χ1v) is 8.85. The first kappa shape index (κ1) is 15.5. The largest absolute Gasteiger partial charge is 0.352 e. The molecular formula is C14H25N3O2S. The van der Waals surface area contributed by atoms with Crippen LogP contribution in [0.4, 0.5) is 0 Å². The van der Waals surface area contributed by atoms with Crippen LogP contribution in [0.1, 0.15) is 45.2 Å². The molecule has 0 radical (unpaired) electrons. The highest BCUT2D eigenvalue weighted by atomic mass is 32.2. The van der Waals surface area contributed by atoms with Crippen molar-refractivity contribution in [2.75, 3.05) is 0 Å². The summed E-state index contributed by atoms with van der Waals surface area (Å²) in [6.07, 6.45) is 5.75. The molecule has 1 fully saturated rings. The Balaban J connectivity index is 2.08. The van der Waals surface area contributed by atoms with Gasteiger partial charge in [-0.1, -0.05) is 13.8 Å². The molecule has 0 aromatic carbocycles. The van der Waals surface area contributed by atoms with Gasteiger partial charge in [-0.25, -0.2) is 13.1 Å². The molecule has 0 saturated heterocycles. The Bertz CT molecular complexity index is 543. The Morgan fingerprint density at radius 2 is 2.00 bits per heavy atom. The number of aromatic nitrogens is 1. The Morgan fingerprint density at radius 3 is 2.55 bits per heavy atom. The maximum absolute atomic E-state index is 12.3. The molecule has 2 N–H and O–H groups in total. The van der Waals surface area contributed by atoms with Crippen LogP contribution in [0.25, 0.3) is 0 Å². The third-order valence-electron chi connectivity index (χ3n) is 3.85. The molecule has 1 aliphatic carbocycles. The molecule has 114 valence electrons. The SMILES string of the molecule is CCC(CC)NS(=O)(=O)c1cc(CNC2CC2)n(C)c1. The average Bonchev–Trinajstić information content (AvgIpc) is 3.16. The Labute approximate surface area is 121 Å². The van der Waals surface area contributed by atoms with Crippen LogP contribution >= 0.6 is 0 Å². The van der Waals surface area contributed by atoms with Crippen LogP contribution < -0.4 is 10.0 Å². The third-order valence-corrected chi connectivity index (χ3v) is 5.34. The van der Waals surface area contributed by atoms with Gasteiger partial charge in [0.05, 0.1) is 4.90 Å². The minimum Gasteiger partial charge on any atom is -0.352 e. The van der Waals surface area contributed by atoms with Gasteiger partial charge in [0, 0.05) is 37.6 Å². The van der Waals surface area contributed by atoms with Crippen LogP contribution in [0.5, 0.6) is 0 Å². The van der Waals surface area contributed by atoms with Gasteiger partial charge >= 0.3 is 0 Å². The van der Waals surface area contributed by atoms with Gasteiger partial charge in [-0.15, -0.1) is 0 Å². The monoisotopic (exact) mass is 299 g/mol. The fourth-order valence-corrected chi connectivity index (χ4v) is 3.68. The van der Waals surface area contributed by atoms with Crippen molar-refractivity contribution in [3.63, 3.8) is 0 Å². The minimum atomic E-state index is -3.41. The lowest BCUT2D eigenvalue weighted by Crippen LogP contribution is -2.33. The van der Waals surface area contributed by atoms with E-state index in [1.807, 2.05) is 25.5 Å². The summed E-state index contributed by atoms with van der Waals surface area (Å²) < 4.78 is 29.3. The summed E-state index contributed by atoms with van der Waals surface area (Å²) in [6, 6.07) is 2.39. The highest BCUT2D eigenvalue weighted by Gasteiger charge is 2.23. The standard InChI is InChI=1S/C14H25N3O2S/c1-4-11(5-2)16-20(18,19)14-8-13(17(3)10-14)9-15-12-6-7-12/h8,10-12,15-16H,4-7,9H2,1-3H3. The Hall–Kier alpha value is -0.850. The van der Waals surface area contributed by atoms with Gasteiger partial charge in [0.1, 0.15) is 0 Å². The van der Waals surface area contributed by atoms with Crippen LogP contribution in [0.15, 0.2) is 17.2 Å². The highest BCUT2D eigenvalue weighted by Crippen LogP contribution is 2.20. The number of nitrogens with zero attached hydrogens (tertiary/aromatic N) is 1. The van der Waals surface area contributed by atoms with E-state index in [0.717, 1.165) is 25.1 Å². The second kappa shape index (κ2) is 6.28. The van der Waals surface area contributed by atoms with E-state index in [2.05, 4.69) is 10.0 Å². The molecule has 0 bridgehead atoms. The molecule has 1 aromatic rings. The maximum Gasteiger partial charge on any atom is 0.242 e. The van der Waals surface area contributed by atoms with Gasteiger partial charge in [0.2, 0.25) is 10.0 Å². The zero-order valence-corrected chi connectivity index (χ0v) is 13.3. The highest BCUT2D eigenvalue weighted by molar-refractivity contribution is 7.89. The second-order valence-electron chi connectivity index (χ2n) is 5.57. The molecule has 20 heavy (non-hydrogen) atoms. The topological polar surface area (TPSA) is 63.1 Å². The van der Waals surface area contributed by atoms with Crippen LogP contribution in [0.3, 0.4) is 0 Å². The van der Waals surface area contributed by atoms with E-state index in [-0.39, 0.29) is 6.04 Å². The smallest absolute Gasteiger partial charge is 0.242 e. The zero-order valence-electron chi connectivity index (χ0n) is 12.5. The molecule has 1 saturated carbocycles. The van der Waals surface area contributed by atoms with Crippen molar-refractivity contribution in [3.05, 3.63) is 18.0 Å². The lowest BCUT2D eigenvalue weighted by atomic mass is 10.2. The summed E-state index contributed by atoms with van der Waals surface area (Å²) in [5.74, 6) is 0. The molecule has 2 rings (SSSR count). The predicted molar refractivity (Wildman–Crippen MR) is 80.0 cm³/mol. The molecular weight excluding hydrogens is 274 g/mol. The molecule has 1 heterocycles. The van der Waals surface area contributed by atoms with E-state index in [0.29, 0.717) is 10.9 Å². The van der Waals surface area contributed by atoms with E-state index in [4.69, 9.17) is 0 Å². The van der Waals surface area contributed by atoms with Gasteiger partial charge in [-0.2, -0.15) is 0 Å².